The van der Waals surface area contributed by atoms with Crippen molar-refractivity contribution in [3.05, 3.63) is 358 Å². The average molecular weight is 1050 g/mol. The summed E-state index contributed by atoms with van der Waals surface area (Å²) in [6.07, 6.45) is 15.5. The molecule has 13 aromatic carbocycles. The molecule has 0 bridgehead atoms. The van der Waals surface area contributed by atoms with Crippen molar-refractivity contribution in [2.24, 2.45) is 0 Å². The Hall–Kier alpha value is -9.88. The molecule has 0 heteroatoms. The number of benzene rings is 13. The van der Waals surface area contributed by atoms with E-state index < -0.39 is 0 Å². The van der Waals surface area contributed by atoms with Crippen LogP contribution in [0.1, 0.15) is 66.8 Å². The lowest BCUT2D eigenvalue weighted by molar-refractivity contribution is 1.26. The molecule has 13 aromatic rings. The molecule has 0 amide bonds. The molecule has 0 aromatic heterocycles. The van der Waals surface area contributed by atoms with Gasteiger partial charge in [0, 0.05) is 0 Å². The fourth-order valence-electron chi connectivity index (χ4n) is 13.2. The van der Waals surface area contributed by atoms with Gasteiger partial charge in [0.1, 0.15) is 0 Å². The first-order chi connectivity index (χ1) is 40.7. The minimum Gasteiger partial charge on any atom is -0.0795 e. The van der Waals surface area contributed by atoms with Crippen LogP contribution >= 0.6 is 0 Å². The Labute approximate surface area is 482 Å². The van der Waals surface area contributed by atoms with Gasteiger partial charge in [-0.3, -0.25) is 0 Å². The van der Waals surface area contributed by atoms with E-state index in [-0.39, 0.29) is 0 Å². The molecule has 82 heavy (non-hydrogen) atoms. The molecule has 0 heterocycles. The van der Waals surface area contributed by atoms with Gasteiger partial charge in [-0.15, -0.1) is 0 Å². The van der Waals surface area contributed by atoms with E-state index in [1.54, 1.807) is 0 Å². The highest BCUT2D eigenvalue weighted by Gasteiger charge is 2.21. The molecular formula is C82H62. The minimum absolute atomic E-state index is 1.08. The first-order valence-electron chi connectivity index (χ1n) is 29.1. The zero-order chi connectivity index (χ0) is 54.6. The number of fused-ring (bicyclic) bond motifs is 20. The van der Waals surface area contributed by atoms with E-state index in [0.29, 0.717) is 0 Å². The summed E-state index contributed by atoms with van der Waals surface area (Å²) in [5.74, 6) is 0. The number of hydrogen-bond acceptors (Lipinski definition) is 0. The van der Waals surface area contributed by atoms with Crippen molar-refractivity contribution in [3.63, 3.8) is 0 Å². The highest BCUT2D eigenvalue weighted by atomic mass is 14.2. The van der Waals surface area contributed by atoms with Crippen molar-refractivity contribution < 1.29 is 0 Å². The van der Waals surface area contributed by atoms with Crippen molar-refractivity contribution in [1.82, 2.24) is 0 Å². The summed E-state index contributed by atoms with van der Waals surface area (Å²) in [5.41, 5.74) is 28.8. The summed E-state index contributed by atoms with van der Waals surface area (Å²) in [4.78, 5) is 0. The van der Waals surface area contributed by atoms with Gasteiger partial charge in [-0.2, -0.15) is 0 Å². The number of rotatable bonds is 0. The molecular weight excluding hydrogens is 985 g/mol. The van der Waals surface area contributed by atoms with Gasteiger partial charge in [-0.1, -0.05) is 303 Å². The van der Waals surface area contributed by atoms with Crippen LogP contribution in [0.15, 0.2) is 291 Å². The summed E-state index contributed by atoms with van der Waals surface area (Å²) in [6, 6.07) is 99.8. The molecule has 0 spiro atoms. The topological polar surface area (TPSA) is 0 Å². The van der Waals surface area contributed by atoms with Crippen molar-refractivity contribution >= 4 is 44.5 Å². The monoisotopic (exact) mass is 1050 g/mol. The second-order valence-corrected chi connectivity index (χ2v) is 22.0. The van der Waals surface area contributed by atoms with E-state index in [0.717, 1.165) is 38.5 Å². The molecule has 0 nitrogen and oxygen atoms in total. The first kappa shape index (κ1) is 50.3. The van der Waals surface area contributed by atoms with E-state index in [1.165, 1.54) is 144 Å². The van der Waals surface area contributed by atoms with Crippen LogP contribution in [0.25, 0.3) is 89.0 Å². The van der Waals surface area contributed by atoms with Gasteiger partial charge in [0.25, 0.3) is 0 Å². The molecule has 0 atom stereocenters. The molecule has 19 rings (SSSR count). The largest absolute Gasteiger partial charge is 0.0795 e. The summed E-state index contributed by atoms with van der Waals surface area (Å²) in [6.45, 7) is 0. The maximum Gasteiger partial charge on any atom is -0.00132 e. The van der Waals surface area contributed by atoms with Crippen LogP contribution in [0.5, 0.6) is 0 Å². The third-order valence-corrected chi connectivity index (χ3v) is 17.2. The Kier molecular flexibility index (Phi) is 13.9. The zero-order valence-corrected chi connectivity index (χ0v) is 46.1. The average Bonchev–Trinajstić information content (AvgIpc) is 4.56. The van der Waals surface area contributed by atoms with E-state index in [1.807, 2.05) is 0 Å². The van der Waals surface area contributed by atoms with E-state index >= 15 is 0 Å². The quantitative estimate of drug-likeness (QED) is 0.142. The van der Waals surface area contributed by atoms with Gasteiger partial charge in [0.05, 0.1) is 0 Å². The van der Waals surface area contributed by atoms with Crippen LogP contribution in [0.3, 0.4) is 0 Å². The lowest BCUT2D eigenvalue weighted by atomic mass is 9.98. The molecule has 0 N–H and O–H groups in total. The zero-order valence-electron chi connectivity index (χ0n) is 46.1. The van der Waals surface area contributed by atoms with Crippen LogP contribution in [0, 0.1) is 0 Å². The minimum atomic E-state index is 1.08. The lowest BCUT2D eigenvalue weighted by Gasteiger charge is -2.06. The fourth-order valence-corrected chi connectivity index (χ4v) is 13.2. The molecule has 0 unspecified atom stereocenters. The molecule has 0 fully saturated rings. The lowest BCUT2D eigenvalue weighted by Crippen LogP contribution is -1.83. The Bertz CT molecular complexity index is 4140. The highest BCUT2D eigenvalue weighted by molar-refractivity contribution is 6.01. The van der Waals surface area contributed by atoms with Crippen LogP contribution in [0.2, 0.25) is 0 Å². The maximum atomic E-state index is 2.28. The molecule has 0 saturated heterocycles. The van der Waals surface area contributed by atoms with Crippen LogP contribution in [0.4, 0.5) is 0 Å². The predicted octanol–water partition coefficient (Wildman–Crippen LogP) is 21.0. The summed E-state index contributed by atoms with van der Waals surface area (Å²) < 4.78 is 0. The van der Waals surface area contributed by atoms with Crippen molar-refractivity contribution in [2.45, 2.75) is 38.5 Å². The van der Waals surface area contributed by atoms with Crippen molar-refractivity contribution in [2.75, 3.05) is 0 Å². The second-order valence-electron chi connectivity index (χ2n) is 22.0. The second kappa shape index (κ2) is 22.7. The van der Waals surface area contributed by atoms with Crippen LogP contribution in [-0.4, -0.2) is 0 Å². The third-order valence-electron chi connectivity index (χ3n) is 17.2. The van der Waals surface area contributed by atoms with Gasteiger partial charge < -0.3 is 0 Å². The molecule has 6 aliphatic rings. The predicted molar refractivity (Wildman–Crippen MR) is 350 cm³/mol. The van der Waals surface area contributed by atoms with E-state index in [2.05, 4.69) is 303 Å². The van der Waals surface area contributed by atoms with Gasteiger partial charge >= 0.3 is 0 Å². The third kappa shape index (κ3) is 9.99. The molecule has 6 aliphatic carbocycles. The van der Waals surface area contributed by atoms with Gasteiger partial charge in [-0.25, -0.2) is 0 Å². The molecule has 0 radical (unpaired) electrons. The normalized spacial score (nSPS) is 12.7. The summed E-state index contributed by atoms with van der Waals surface area (Å²) in [5, 5.41) is 8.24. The summed E-state index contributed by atoms with van der Waals surface area (Å²) >= 11 is 0. The first-order valence-corrected chi connectivity index (χ1v) is 29.1. The standard InChI is InChI=1S/C17H12.5C13H10/c1-3-7-15-12(5-1)9-10-14-11-13-6-2-4-8-16(13)17(14)15;3*1-3-7-12-10(5-1)9-11-6-2-4-8-13(11)12;2*1-2-6-12-10(4-1)8-9-11-5-3-7-13(11)12/h1-10H,11H2;3*1-8H,9H2;2*1-6,8-9H,7H2. The molecule has 0 saturated carbocycles. The van der Waals surface area contributed by atoms with Crippen molar-refractivity contribution in [1.29, 1.82) is 0 Å². The van der Waals surface area contributed by atoms with Gasteiger partial charge in [-0.05, 0) is 182 Å². The number of allylic oxidation sites excluding steroid dienone is 2. The van der Waals surface area contributed by atoms with Crippen molar-refractivity contribution in [3.8, 4) is 44.5 Å². The molecule has 0 aliphatic heterocycles. The van der Waals surface area contributed by atoms with Crippen LogP contribution < -0.4 is 0 Å². The smallest absolute Gasteiger partial charge is 0.00132 e. The van der Waals surface area contributed by atoms with Gasteiger partial charge in [0.15, 0.2) is 0 Å². The Balaban J connectivity index is 0.0000000883. The summed E-state index contributed by atoms with van der Waals surface area (Å²) in [7, 11) is 0. The van der Waals surface area contributed by atoms with E-state index in [4.69, 9.17) is 0 Å². The molecule has 390 valence electrons. The fraction of sp³-hybridized carbons (Fsp3) is 0.0732. The highest BCUT2D eigenvalue weighted by Crippen LogP contribution is 2.42. The number of hydrogen-bond donors (Lipinski definition) is 0. The Morgan fingerprint density at radius 2 is 0.463 bits per heavy atom. The SMILES string of the molecule is C1=Cc2ccc3ccccc3c2C1.C1=Cc2ccc3ccccc3c2C1.c1ccc2c(c1)Cc1ccc3ccccc3c1-2.c1ccc2c(c1)Cc1ccccc1-2.c1ccc2c(c1)Cc1ccccc1-2.c1ccc2c(c1)Cc1ccccc1-2. The Morgan fingerprint density at radius 3 is 0.841 bits per heavy atom. The Morgan fingerprint density at radius 1 is 0.195 bits per heavy atom. The maximum absolute atomic E-state index is 2.28. The van der Waals surface area contributed by atoms with E-state index in [9.17, 15) is 0 Å². The van der Waals surface area contributed by atoms with Gasteiger partial charge in [0.2, 0.25) is 0 Å². The van der Waals surface area contributed by atoms with Crippen LogP contribution in [-0.2, 0) is 38.5 Å².